The van der Waals surface area contributed by atoms with Crippen LogP contribution in [0.5, 0.6) is 0 Å². The number of nitrogens with one attached hydrogen (secondary N) is 1. The van der Waals surface area contributed by atoms with Gasteiger partial charge >= 0.3 is 6.03 Å². The molecule has 0 bridgehead atoms. The van der Waals surface area contributed by atoms with E-state index in [9.17, 15) is 4.79 Å². The van der Waals surface area contributed by atoms with Crippen molar-refractivity contribution in [2.45, 2.75) is 45.1 Å². The number of fused-ring (bicyclic) bond motifs is 3. The molecule has 0 fully saturated rings. The van der Waals surface area contributed by atoms with Crippen molar-refractivity contribution in [3.8, 4) is 0 Å². The van der Waals surface area contributed by atoms with Gasteiger partial charge in [0.15, 0.2) is 0 Å². The average molecular weight is 481 g/mol. The SMILES string of the molecule is Cc1cc(NC(=O)N2CCc3c(sc4c3CCCC4)[C@@H]2c2ccccc2)ccc1Br. The maximum Gasteiger partial charge on any atom is 0.322 e. The normalized spacial score (nSPS) is 17.9. The molecule has 154 valence electrons. The van der Waals surface area contributed by atoms with Crippen LogP contribution in [0.4, 0.5) is 10.5 Å². The van der Waals surface area contributed by atoms with Crippen molar-refractivity contribution < 1.29 is 4.79 Å². The first-order valence-electron chi connectivity index (χ1n) is 10.6. The van der Waals surface area contributed by atoms with Crippen LogP contribution in [0, 0.1) is 6.92 Å². The van der Waals surface area contributed by atoms with Crippen molar-refractivity contribution in [2.75, 3.05) is 11.9 Å². The maximum atomic E-state index is 13.4. The van der Waals surface area contributed by atoms with Gasteiger partial charge in [0.2, 0.25) is 0 Å². The lowest BCUT2D eigenvalue weighted by atomic mass is 9.88. The van der Waals surface area contributed by atoms with E-state index < -0.39 is 0 Å². The zero-order valence-electron chi connectivity index (χ0n) is 17.1. The van der Waals surface area contributed by atoms with E-state index >= 15 is 0 Å². The second-order valence-corrected chi connectivity index (χ2v) is 10.2. The standard InChI is InChI=1S/C25H25BrN2OS/c1-16-15-18(11-12-21(16)26)27-25(29)28-14-13-20-19-9-5-6-10-22(19)30-24(20)23(28)17-7-3-2-4-8-17/h2-4,7-8,11-12,15,23H,5-6,9-10,13-14H2,1H3,(H,27,29)/t23-/m0/s1. The van der Waals surface area contributed by atoms with Crippen LogP contribution in [0.2, 0.25) is 0 Å². The summed E-state index contributed by atoms with van der Waals surface area (Å²) in [5.41, 5.74) is 6.25. The van der Waals surface area contributed by atoms with Gasteiger partial charge in [0.25, 0.3) is 0 Å². The van der Waals surface area contributed by atoms with Gasteiger partial charge in [-0.3, -0.25) is 0 Å². The summed E-state index contributed by atoms with van der Waals surface area (Å²) in [6, 6.07) is 16.4. The molecule has 5 rings (SSSR count). The number of carbonyl (C=O) groups is 1. The molecular weight excluding hydrogens is 456 g/mol. The predicted octanol–water partition coefficient (Wildman–Crippen LogP) is 6.88. The van der Waals surface area contributed by atoms with Crippen molar-refractivity contribution in [1.29, 1.82) is 0 Å². The Balaban J connectivity index is 1.52. The molecule has 1 N–H and O–H groups in total. The van der Waals surface area contributed by atoms with Gasteiger partial charge in [0.1, 0.15) is 0 Å². The lowest BCUT2D eigenvalue weighted by molar-refractivity contribution is 0.195. The van der Waals surface area contributed by atoms with Gasteiger partial charge in [-0.05, 0) is 79.5 Å². The van der Waals surface area contributed by atoms with Crippen molar-refractivity contribution >= 4 is 39.0 Å². The molecule has 0 saturated carbocycles. The molecule has 1 aromatic heterocycles. The molecule has 2 amide bonds. The zero-order chi connectivity index (χ0) is 20.7. The molecule has 0 unspecified atom stereocenters. The molecule has 5 heteroatoms. The Labute approximate surface area is 190 Å². The van der Waals surface area contributed by atoms with E-state index in [4.69, 9.17) is 0 Å². The number of anilines is 1. The Morgan fingerprint density at radius 2 is 1.87 bits per heavy atom. The summed E-state index contributed by atoms with van der Waals surface area (Å²) in [5, 5.41) is 3.14. The van der Waals surface area contributed by atoms with Crippen LogP contribution >= 0.6 is 27.3 Å². The highest BCUT2D eigenvalue weighted by atomic mass is 79.9. The van der Waals surface area contributed by atoms with Gasteiger partial charge in [-0.25, -0.2) is 4.79 Å². The summed E-state index contributed by atoms with van der Waals surface area (Å²) in [5.74, 6) is 0. The number of hydrogen-bond acceptors (Lipinski definition) is 2. The Bertz CT molecular complexity index is 1090. The van der Waals surface area contributed by atoms with Crippen LogP contribution in [0.3, 0.4) is 0 Å². The second-order valence-electron chi connectivity index (χ2n) is 8.20. The lowest BCUT2D eigenvalue weighted by Gasteiger charge is -2.36. The third kappa shape index (κ3) is 3.58. The Morgan fingerprint density at radius 1 is 1.07 bits per heavy atom. The molecule has 2 aliphatic rings. The quantitative estimate of drug-likeness (QED) is 0.425. The molecule has 0 spiro atoms. The fourth-order valence-electron chi connectivity index (χ4n) is 4.75. The number of amides is 2. The Hall–Kier alpha value is -2.11. The van der Waals surface area contributed by atoms with Crippen molar-refractivity contribution in [2.24, 2.45) is 0 Å². The van der Waals surface area contributed by atoms with E-state index in [0.717, 1.165) is 28.7 Å². The number of urea groups is 1. The lowest BCUT2D eigenvalue weighted by Crippen LogP contribution is -2.42. The summed E-state index contributed by atoms with van der Waals surface area (Å²) >= 11 is 5.48. The van der Waals surface area contributed by atoms with Crippen LogP contribution in [0.25, 0.3) is 0 Å². The number of nitrogens with zero attached hydrogens (tertiary/aromatic N) is 1. The zero-order valence-corrected chi connectivity index (χ0v) is 19.5. The molecule has 3 nitrogen and oxygen atoms in total. The smallest absolute Gasteiger partial charge is 0.312 e. The maximum absolute atomic E-state index is 13.4. The largest absolute Gasteiger partial charge is 0.322 e. The Kier molecular flexibility index (Phi) is 5.42. The van der Waals surface area contributed by atoms with E-state index in [1.54, 1.807) is 10.4 Å². The fourth-order valence-corrected chi connectivity index (χ4v) is 6.58. The molecule has 2 aromatic carbocycles. The van der Waals surface area contributed by atoms with Crippen LogP contribution < -0.4 is 5.32 Å². The summed E-state index contributed by atoms with van der Waals surface area (Å²) < 4.78 is 1.05. The highest BCUT2D eigenvalue weighted by molar-refractivity contribution is 9.10. The van der Waals surface area contributed by atoms with Gasteiger partial charge in [-0.2, -0.15) is 0 Å². The predicted molar refractivity (Wildman–Crippen MR) is 128 cm³/mol. The molecule has 30 heavy (non-hydrogen) atoms. The fraction of sp³-hybridized carbons (Fsp3) is 0.320. The van der Waals surface area contributed by atoms with Crippen molar-refractivity contribution in [3.05, 3.63) is 85.0 Å². The number of hydrogen-bond donors (Lipinski definition) is 1. The first-order chi connectivity index (χ1) is 14.6. The minimum Gasteiger partial charge on any atom is -0.312 e. The summed E-state index contributed by atoms with van der Waals surface area (Å²) in [4.78, 5) is 18.4. The number of aryl methyl sites for hydroxylation is 2. The minimum atomic E-state index is -0.0254. The molecule has 1 atom stereocenters. The number of halogens is 1. The van der Waals surface area contributed by atoms with E-state index in [2.05, 4.69) is 45.5 Å². The molecule has 1 aliphatic heterocycles. The van der Waals surface area contributed by atoms with Crippen LogP contribution in [0.1, 0.15) is 50.9 Å². The van der Waals surface area contributed by atoms with Crippen molar-refractivity contribution in [1.82, 2.24) is 4.90 Å². The molecule has 2 heterocycles. The van der Waals surface area contributed by atoms with Gasteiger partial charge in [0, 0.05) is 26.5 Å². The summed E-state index contributed by atoms with van der Waals surface area (Å²) in [6.45, 7) is 2.78. The van der Waals surface area contributed by atoms with Crippen LogP contribution in [0.15, 0.2) is 53.0 Å². The number of thiophene rings is 1. The average Bonchev–Trinajstić information content (AvgIpc) is 3.15. The third-order valence-electron chi connectivity index (χ3n) is 6.26. The second kappa shape index (κ2) is 8.20. The van der Waals surface area contributed by atoms with Gasteiger partial charge in [-0.1, -0.05) is 46.3 Å². The number of rotatable bonds is 2. The topological polar surface area (TPSA) is 32.3 Å². The van der Waals surface area contributed by atoms with Gasteiger partial charge in [-0.15, -0.1) is 11.3 Å². The summed E-state index contributed by atoms with van der Waals surface area (Å²) in [7, 11) is 0. The number of benzene rings is 2. The molecule has 0 radical (unpaired) electrons. The molecule has 0 saturated heterocycles. The van der Waals surface area contributed by atoms with Crippen LogP contribution in [-0.4, -0.2) is 17.5 Å². The van der Waals surface area contributed by atoms with E-state index in [-0.39, 0.29) is 12.1 Å². The highest BCUT2D eigenvalue weighted by Gasteiger charge is 2.36. The monoisotopic (exact) mass is 480 g/mol. The Morgan fingerprint density at radius 3 is 2.67 bits per heavy atom. The summed E-state index contributed by atoms with van der Waals surface area (Å²) in [6.07, 6.45) is 5.93. The third-order valence-corrected chi connectivity index (χ3v) is 8.54. The van der Waals surface area contributed by atoms with Crippen LogP contribution in [-0.2, 0) is 19.3 Å². The minimum absolute atomic E-state index is 0.0119. The van der Waals surface area contributed by atoms with Gasteiger partial charge < -0.3 is 10.2 Å². The van der Waals surface area contributed by atoms with E-state index in [1.807, 2.05) is 47.4 Å². The first-order valence-corrected chi connectivity index (χ1v) is 12.2. The van der Waals surface area contributed by atoms with E-state index in [1.165, 1.54) is 41.7 Å². The number of carbonyl (C=O) groups excluding carboxylic acids is 1. The highest BCUT2D eigenvalue weighted by Crippen LogP contribution is 2.45. The molecule has 1 aliphatic carbocycles. The van der Waals surface area contributed by atoms with E-state index in [0.29, 0.717) is 0 Å². The van der Waals surface area contributed by atoms with Crippen molar-refractivity contribution in [3.63, 3.8) is 0 Å². The molecular formula is C25H25BrN2OS. The first kappa shape index (κ1) is 19.8. The molecule has 3 aromatic rings. The van der Waals surface area contributed by atoms with Gasteiger partial charge in [0.05, 0.1) is 6.04 Å².